The number of carbonyl (C=O) groups excluding carboxylic acids is 1. The van der Waals surface area contributed by atoms with E-state index >= 15 is 0 Å². The van der Waals surface area contributed by atoms with Gasteiger partial charge in [0, 0.05) is 26.4 Å². The summed E-state index contributed by atoms with van der Waals surface area (Å²) >= 11 is 13.1. The van der Waals surface area contributed by atoms with Crippen molar-refractivity contribution in [2.24, 2.45) is 0 Å². The zero-order valence-corrected chi connectivity index (χ0v) is 15.4. The molecule has 3 aromatic rings. The van der Waals surface area contributed by atoms with Gasteiger partial charge in [0.1, 0.15) is 5.82 Å². The molecule has 0 aliphatic carbocycles. The molecule has 3 rings (SSSR count). The van der Waals surface area contributed by atoms with Crippen LogP contribution in [-0.2, 0) is 4.74 Å². The van der Waals surface area contributed by atoms with Gasteiger partial charge in [-0.25, -0.2) is 9.18 Å². The highest BCUT2D eigenvalue weighted by molar-refractivity contribution is 7.99. The second-order valence-corrected chi connectivity index (χ2v) is 6.99. The van der Waals surface area contributed by atoms with Crippen molar-refractivity contribution >= 4 is 51.8 Å². The first-order chi connectivity index (χ1) is 12.0. The van der Waals surface area contributed by atoms with Crippen molar-refractivity contribution in [3.63, 3.8) is 0 Å². The highest BCUT2D eigenvalue weighted by atomic mass is 35.5. The Balaban J connectivity index is 2.19. The van der Waals surface area contributed by atoms with Crippen LogP contribution in [-0.4, -0.2) is 17.6 Å². The van der Waals surface area contributed by atoms with E-state index in [1.54, 1.807) is 19.1 Å². The molecule has 0 amide bonds. The Morgan fingerprint density at radius 2 is 1.96 bits per heavy atom. The van der Waals surface area contributed by atoms with Gasteiger partial charge >= 0.3 is 5.97 Å². The number of rotatable bonds is 4. The van der Waals surface area contributed by atoms with E-state index in [1.165, 1.54) is 30.1 Å². The minimum absolute atomic E-state index is 0.0219. The summed E-state index contributed by atoms with van der Waals surface area (Å²) in [6, 6.07) is 9.85. The molecule has 25 heavy (non-hydrogen) atoms. The fourth-order valence-corrected chi connectivity index (χ4v) is 3.56. The summed E-state index contributed by atoms with van der Waals surface area (Å²) in [4.78, 5) is 17.9. The number of nitrogens with zero attached hydrogens (tertiary/aromatic N) is 1. The predicted octanol–water partition coefficient (Wildman–Crippen LogP) is 6.01. The van der Waals surface area contributed by atoms with Crippen molar-refractivity contribution in [1.29, 1.82) is 0 Å². The van der Waals surface area contributed by atoms with Crippen LogP contribution in [0.5, 0.6) is 0 Å². The Hall–Kier alpha value is -1.82. The molecule has 3 nitrogen and oxygen atoms in total. The lowest BCUT2D eigenvalue weighted by atomic mass is 10.1. The third kappa shape index (κ3) is 3.89. The van der Waals surface area contributed by atoms with Crippen LogP contribution in [0.2, 0.25) is 10.0 Å². The predicted molar refractivity (Wildman–Crippen MR) is 98.2 cm³/mol. The van der Waals surface area contributed by atoms with Crippen LogP contribution in [0.1, 0.15) is 17.3 Å². The van der Waals surface area contributed by atoms with E-state index in [0.717, 1.165) is 4.90 Å². The molecule has 7 heteroatoms. The number of hydrogen-bond acceptors (Lipinski definition) is 4. The fourth-order valence-electron chi connectivity index (χ4n) is 2.25. The van der Waals surface area contributed by atoms with Crippen molar-refractivity contribution in [3.8, 4) is 0 Å². The third-order valence-corrected chi connectivity index (χ3v) is 5.08. The first-order valence-electron chi connectivity index (χ1n) is 7.38. The SMILES string of the molecule is CCOC(=O)c1cnc2cc(Cl)c(F)cc2c1Sc1ccc(Cl)cc1. The Labute approximate surface area is 158 Å². The number of fused-ring (bicyclic) bond motifs is 1. The number of ether oxygens (including phenoxy) is 1. The van der Waals surface area contributed by atoms with Gasteiger partial charge in [-0.05, 0) is 43.3 Å². The minimum atomic E-state index is -0.574. The summed E-state index contributed by atoms with van der Waals surface area (Å²) in [7, 11) is 0. The Morgan fingerprint density at radius 1 is 1.24 bits per heavy atom. The van der Waals surface area contributed by atoms with Crippen molar-refractivity contribution in [2.45, 2.75) is 16.7 Å². The number of pyridine rings is 1. The first-order valence-corrected chi connectivity index (χ1v) is 8.95. The van der Waals surface area contributed by atoms with Crippen molar-refractivity contribution in [2.75, 3.05) is 6.61 Å². The molecular formula is C18H12Cl2FNO2S. The summed E-state index contributed by atoms with van der Waals surface area (Å²) in [6.07, 6.45) is 1.42. The highest BCUT2D eigenvalue weighted by Crippen LogP contribution is 2.37. The Kier molecular flexibility index (Phi) is 5.47. The molecular weight excluding hydrogens is 384 g/mol. The van der Waals surface area contributed by atoms with Gasteiger partial charge in [-0.3, -0.25) is 4.98 Å². The molecule has 0 N–H and O–H groups in total. The van der Waals surface area contributed by atoms with Crippen LogP contribution in [0, 0.1) is 5.82 Å². The van der Waals surface area contributed by atoms with Crippen LogP contribution < -0.4 is 0 Å². The Morgan fingerprint density at radius 3 is 2.64 bits per heavy atom. The molecule has 128 valence electrons. The quantitative estimate of drug-likeness (QED) is 0.507. The standard InChI is InChI=1S/C18H12Cl2FNO2S/c1-2-24-18(23)13-9-22-16-8-14(20)15(21)7-12(16)17(13)25-11-5-3-10(19)4-6-11/h3-9H,2H2,1H3. The van der Waals surface area contributed by atoms with Gasteiger partial charge in [0.15, 0.2) is 0 Å². The van der Waals surface area contributed by atoms with Crippen LogP contribution >= 0.6 is 35.0 Å². The van der Waals surface area contributed by atoms with Crippen LogP contribution in [0.3, 0.4) is 0 Å². The maximum Gasteiger partial charge on any atom is 0.340 e. The normalized spacial score (nSPS) is 10.9. The number of esters is 1. The molecule has 1 heterocycles. The van der Waals surface area contributed by atoms with Crippen LogP contribution in [0.15, 0.2) is 52.4 Å². The molecule has 0 aliphatic heterocycles. The van der Waals surface area contributed by atoms with Gasteiger partial charge in [0.25, 0.3) is 0 Å². The molecule has 0 fully saturated rings. The van der Waals surface area contributed by atoms with E-state index in [-0.39, 0.29) is 17.2 Å². The molecule has 1 aromatic heterocycles. The molecule has 0 bridgehead atoms. The van der Waals surface area contributed by atoms with E-state index in [1.807, 2.05) is 12.1 Å². The smallest absolute Gasteiger partial charge is 0.340 e. The van der Waals surface area contributed by atoms with Gasteiger partial charge in [0.2, 0.25) is 0 Å². The van der Waals surface area contributed by atoms with Gasteiger partial charge in [-0.15, -0.1) is 0 Å². The third-order valence-electron chi connectivity index (χ3n) is 3.39. The monoisotopic (exact) mass is 395 g/mol. The van der Waals surface area contributed by atoms with E-state index < -0.39 is 11.8 Å². The highest BCUT2D eigenvalue weighted by Gasteiger charge is 2.19. The molecule has 0 aliphatic rings. The van der Waals surface area contributed by atoms with Crippen LogP contribution in [0.4, 0.5) is 4.39 Å². The number of hydrogen-bond donors (Lipinski definition) is 0. The Bertz CT molecular complexity index is 948. The lowest BCUT2D eigenvalue weighted by molar-refractivity contribution is 0.0522. The molecule has 0 saturated heterocycles. The zero-order chi connectivity index (χ0) is 18.0. The number of carbonyl (C=O) groups is 1. The largest absolute Gasteiger partial charge is 0.462 e. The van der Waals surface area contributed by atoms with Crippen molar-refractivity contribution in [1.82, 2.24) is 4.98 Å². The van der Waals surface area contributed by atoms with Crippen molar-refractivity contribution in [3.05, 3.63) is 64.0 Å². The molecule has 0 atom stereocenters. The van der Waals surface area contributed by atoms with E-state index in [0.29, 0.717) is 20.8 Å². The molecule has 0 radical (unpaired) electrons. The van der Waals surface area contributed by atoms with Gasteiger partial charge in [-0.2, -0.15) is 0 Å². The average Bonchev–Trinajstić information content (AvgIpc) is 2.59. The maximum atomic E-state index is 14.0. The number of halogens is 3. The van der Waals surface area contributed by atoms with Crippen LogP contribution in [0.25, 0.3) is 10.9 Å². The van der Waals surface area contributed by atoms with Gasteiger partial charge < -0.3 is 4.74 Å². The number of benzene rings is 2. The van der Waals surface area contributed by atoms with Crippen molar-refractivity contribution < 1.29 is 13.9 Å². The van der Waals surface area contributed by atoms with Gasteiger partial charge in [-0.1, -0.05) is 35.0 Å². The second kappa shape index (κ2) is 7.60. The summed E-state index contributed by atoms with van der Waals surface area (Å²) < 4.78 is 19.1. The van der Waals surface area contributed by atoms with E-state index in [2.05, 4.69) is 4.98 Å². The lowest BCUT2D eigenvalue weighted by Gasteiger charge is -2.12. The lowest BCUT2D eigenvalue weighted by Crippen LogP contribution is -2.07. The summed E-state index contributed by atoms with van der Waals surface area (Å²) in [5.41, 5.74) is 0.770. The topological polar surface area (TPSA) is 39.2 Å². The summed E-state index contributed by atoms with van der Waals surface area (Å²) in [5, 5.41) is 1.08. The average molecular weight is 396 g/mol. The van der Waals surface area contributed by atoms with Gasteiger partial charge in [0.05, 0.1) is 22.7 Å². The van der Waals surface area contributed by atoms with E-state index in [9.17, 15) is 9.18 Å². The molecule has 0 saturated carbocycles. The minimum Gasteiger partial charge on any atom is -0.462 e. The first kappa shape index (κ1) is 18.0. The molecule has 0 spiro atoms. The zero-order valence-electron chi connectivity index (χ0n) is 13.1. The second-order valence-electron chi connectivity index (χ2n) is 5.06. The number of aromatic nitrogens is 1. The molecule has 0 unspecified atom stereocenters. The molecule has 2 aromatic carbocycles. The maximum absolute atomic E-state index is 14.0. The fraction of sp³-hybridized carbons (Fsp3) is 0.111. The summed E-state index contributed by atoms with van der Waals surface area (Å²) in [6.45, 7) is 1.95. The summed E-state index contributed by atoms with van der Waals surface area (Å²) in [5.74, 6) is -1.08. The van der Waals surface area contributed by atoms with E-state index in [4.69, 9.17) is 27.9 Å².